The van der Waals surface area contributed by atoms with E-state index in [0.29, 0.717) is 22.4 Å². The Labute approximate surface area is 169 Å². The Hall–Kier alpha value is -3.40. The molecular formula is C25H23NO3. The van der Waals surface area contributed by atoms with Crippen LogP contribution in [0.5, 0.6) is 0 Å². The molecule has 2 heterocycles. The van der Waals surface area contributed by atoms with Gasteiger partial charge in [-0.3, -0.25) is 0 Å². The van der Waals surface area contributed by atoms with Crippen LogP contribution >= 0.6 is 0 Å². The van der Waals surface area contributed by atoms with Gasteiger partial charge < -0.3 is 9.52 Å². The zero-order valence-electron chi connectivity index (χ0n) is 16.6. The van der Waals surface area contributed by atoms with Gasteiger partial charge in [0.15, 0.2) is 5.76 Å². The molecular weight excluding hydrogens is 362 g/mol. The van der Waals surface area contributed by atoms with Crippen LogP contribution in [0.2, 0.25) is 0 Å². The molecule has 0 aliphatic carbocycles. The molecule has 0 saturated carbocycles. The Balaban J connectivity index is 1.70. The van der Waals surface area contributed by atoms with Crippen molar-refractivity contribution in [2.24, 2.45) is 0 Å². The third-order valence-corrected chi connectivity index (χ3v) is 5.11. The van der Waals surface area contributed by atoms with Crippen LogP contribution < -0.4 is 0 Å². The van der Waals surface area contributed by atoms with E-state index in [1.54, 1.807) is 12.1 Å². The fourth-order valence-corrected chi connectivity index (χ4v) is 3.49. The summed E-state index contributed by atoms with van der Waals surface area (Å²) in [5.74, 6) is 0.322. The monoisotopic (exact) mass is 385 g/mol. The van der Waals surface area contributed by atoms with Crippen LogP contribution in [0, 0.1) is 6.92 Å². The van der Waals surface area contributed by atoms with Gasteiger partial charge in [-0.1, -0.05) is 49.7 Å². The van der Waals surface area contributed by atoms with Gasteiger partial charge in [0.05, 0.1) is 11.1 Å². The SMILES string of the molecule is CCCCc1ccc(-c2ccc(-c3cc(C(=O)O)c4ccc(C)cc4n3)o2)cc1. The molecule has 0 aliphatic heterocycles. The summed E-state index contributed by atoms with van der Waals surface area (Å²) >= 11 is 0. The molecule has 29 heavy (non-hydrogen) atoms. The second-order valence-electron chi connectivity index (χ2n) is 7.35. The number of benzene rings is 2. The third kappa shape index (κ3) is 3.92. The smallest absolute Gasteiger partial charge is 0.336 e. The number of nitrogens with zero attached hydrogens (tertiary/aromatic N) is 1. The molecule has 0 amide bonds. The highest BCUT2D eigenvalue weighted by atomic mass is 16.4. The molecule has 146 valence electrons. The van der Waals surface area contributed by atoms with Crippen molar-refractivity contribution >= 4 is 16.9 Å². The lowest BCUT2D eigenvalue weighted by Crippen LogP contribution is -2.00. The number of hydrogen-bond acceptors (Lipinski definition) is 3. The van der Waals surface area contributed by atoms with Crippen molar-refractivity contribution in [3.63, 3.8) is 0 Å². The molecule has 0 atom stereocenters. The number of carbonyl (C=O) groups is 1. The minimum atomic E-state index is -0.975. The highest BCUT2D eigenvalue weighted by Crippen LogP contribution is 2.30. The van der Waals surface area contributed by atoms with E-state index in [2.05, 4.69) is 36.2 Å². The van der Waals surface area contributed by atoms with Crippen molar-refractivity contribution in [1.82, 2.24) is 4.98 Å². The fourth-order valence-electron chi connectivity index (χ4n) is 3.49. The Kier molecular flexibility index (Phi) is 5.17. The second-order valence-corrected chi connectivity index (χ2v) is 7.35. The molecule has 1 N–H and O–H groups in total. The van der Waals surface area contributed by atoms with E-state index in [4.69, 9.17) is 4.42 Å². The summed E-state index contributed by atoms with van der Waals surface area (Å²) in [7, 11) is 0. The van der Waals surface area contributed by atoms with Crippen molar-refractivity contribution < 1.29 is 14.3 Å². The summed E-state index contributed by atoms with van der Waals surface area (Å²) in [6.45, 7) is 4.15. The number of pyridine rings is 1. The fraction of sp³-hybridized carbons (Fsp3) is 0.200. The molecule has 4 aromatic rings. The van der Waals surface area contributed by atoms with Crippen LogP contribution in [0.25, 0.3) is 33.7 Å². The Bertz CT molecular complexity index is 1170. The predicted molar refractivity (Wildman–Crippen MR) is 115 cm³/mol. The van der Waals surface area contributed by atoms with Crippen molar-refractivity contribution in [3.8, 4) is 22.8 Å². The van der Waals surface area contributed by atoms with Gasteiger partial charge in [-0.2, -0.15) is 0 Å². The molecule has 2 aromatic carbocycles. The van der Waals surface area contributed by atoms with Gasteiger partial charge in [-0.15, -0.1) is 0 Å². The standard InChI is InChI=1S/C25H23NO3/c1-3-4-5-17-7-9-18(10-8-17)23-12-13-24(29-23)22-15-20(25(27)28)19-11-6-16(2)14-21(19)26-22/h6-15H,3-5H2,1-2H3,(H,27,28). The number of unbranched alkanes of at least 4 members (excludes halogenated alkanes) is 1. The molecule has 4 rings (SSSR count). The Morgan fingerprint density at radius 1 is 1.00 bits per heavy atom. The molecule has 0 spiro atoms. The van der Waals surface area contributed by atoms with Gasteiger partial charge in [0.25, 0.3) is 0 Å². The Morgan fingerprint density at radius 2 is 1.76 bits per heavy atom. The van der Waals surface area contributed by atoms with Gasteiger partial charge in [-0.25, -0.2) is 9.78 Å². The second kappa shape index (κ2) is 7.92. The normalized spacial score (nSPS) is 11.1. The first kappa shape index (κ1) is 18.9. The lowest BCUT2D eigenvalue weighted by molar-refractivity contribution is 0.0699. The number of aryl methyl sites for hydroxylation is 2. The maximum absolute atomic E-state index is 11.8. The molecule has 4 nitrogen and oxygen atoms in total. The van der Waals surface area contributed by atoms with Crippen molar-refractivity contribution in [1.29, 1.82) is 0 Å². The highest BCUT2D eigenvalue weighted by Gasteiger charge is 2.15. The van der Waals surface area contributed by atoms with Crippen molar-refractivity contribution in [2.75, 3.05) is 0 Å². The number of aromatic carboxylic acids is 1. The van der Waals surface area contributed by atoms with E-state index in [0.717, 1.165) is 23.3 Å². The lowest BCUT2D eigenvalue weighted by Gasteiger charge is -2.06. The molecule has 2 aromatic heterocycles. The average molecular weight is 385 g/mol. The summed E-state index contributed by atoms with van der Waals surface area (Å²) in [5, 5.41) is 10.3. The van der Waals surface area contributed by atoms with Crippen LogP contribution in [0.1, 0.15) is 41.3 Å². The summed E-state index contributed by atoms with van der Waals surface area (Å²) in [6.07, 6.45) is 3.45. The van der Waals surface area contributed by atoms with Gasteiger partial charge in [0, 0.05) is 10.9 Å². The molecule has 0 aliphatic rings. The summed E-state index contributed by atoms with van der Waals surface area (Å²) in [5.41, 5.74) is 4.74. The molecule has 0 fully saturated rings. The molecule has 4 heteroatoms. The summed E-state index contributed by atoms with van der Waals surface area (Å²) in [4.78, 5) is 16.4. The van der Waals surface area contributed by atoms with Gasteiger partial charge in [-0.05, 0) is 55.2 Å². The first-order chi connectivity index (χ1) is 14.0. The van der Waals surface area contributed by atoms with Crippen molar-refractivity contribution in [2.45, 2.75) is 33.1 Å². The largest absolute Gasteiger partial charge is 0.478 e. The number of rotatable bonds is 6. The van der Waals surface area contributed by atoms with Crippen LogP contribution in [0.15, 0.2) is 65.1 Å². The molecule has 0 unspecified atom stereocenters. The van der Waals surface area contributed by atoms with E-state index >= 15 is 0 Å². The third-order valence-electron chi connectivity index (χ3n) is 5.11. The minimum absolute atomic E-state index is 0.225. The summed E-state index contributed by atoms with van der Waals surface area (Å²) in [6, 6.07) is 19.3. The molecule has 0 radical (unpaired) electrons. The first-order valence-electron chi connectivity index (χ1n) is 9.89. The van der Waals surface area contributed by atoms with Crippen LogP contribution in [0.4, 0.5) is 0 Å². The lowest BCUT2D eigenvalue weighted by atomic mass is 10.0. The molecule has 0 saturated heterocycles. The van der Waals surface area contributed by atoms with Gasteiger partial charge in [0.1, 0.15) is 11.5 Å². The van der Waals surface area contributed by atoms with E-state index in [1.807, 2.05) is 31.2 Å². The number of hydrogen-bond donors (Lipinski definition) is 1. The number of aromatic nitrogens is 1. The number of carboxylic acids is 1. The van der Waals surface area contributed by atoms with Crippen LogP contribution in [-0.4, -0.2) is 16.1 Å². The highest BCUT2D eigenvalue weighted by molar-refractivity contribution is 6.03. The average Bonchev–Trinajstić information content (AvgIpc) is 3.21. The van der Waals surface area contributed by atoms with Crippen LogP contribution in [-0.2, 0) is 6.42 Å². The van der Waals surface area contributed by atoms with E-state index in [-0.39, 0.29) is 5.56 Å². The number of carboxylic acid groups (broad SMARTS) is 1. The zero-order valence-corrected chi connectivity index (χ0v) is 16.6. The topological polar surface area (TPSA) is 63.3 Å². The Morgan fingerprint density at radius 3 is 2.48 bits per heavy atom. The van der Waals surface area contributed by atoms with Crippen LogP contribution in [0.3, 0.4) is 0 Å². The number of fused-ring (bicyclic) bond motifs is 1. The number of furan rings is 1. The van der Waals surface area contributed by atoms with Crippen molar-refractivity contribution in [3.05, 3.63) is 77.4 Å². The van der Waals surface area contributed by atoms with E-state index in [9.17, 15) is 9.90 Å². The predicted octanol–water partition coefficient (Wildman–Crippen LogP) is 6.51. The first-order valence-corrected chi connectivity index (χ1v) is 9.89. The maximum Gasteiger partial charge on any atom is 0.336 e. The van der Waals surface area contributed by atoms with E-state index in [1.165, 1.54) is 18.4 Å². The van der Waals surface area contributed by atoms with E-state index < -0.39 is 5.97 Å². The quantitative estimate of drug-likeness (QED) is 0.411. The minimum Gasteiger partial charge on any atom is -0.478 e. The van der Waals surface area contributed by atoms with Gasteiger partial charge >= 0.3 is 5.97 Å². The molecule has 0 bridgehead atoms. The summed E-state index contributed by atoms with van der Waals surface area (Å²) < 4.78 is 6.04. The zero-order chi connectivity index (χ0) is 20.4. The maximum atomic E-state index is 11.8. The van der Waals surface area contributed by atoms with Gasteiger partial charge in [0.2, 0.25) is 0 Å².